The standard InChI is InChI=1S/C30H49N9O6/c1-30(2,45)24-16-34-37-39(24)20-15-23(38(17-20)28(43)21(31)14-18-8-4-3-5-9-18)27(42)36-22(25(40)26(32)41)10-6-7-13-33-29(44)35-19-11-12-19/h16,18-23,45H,3-15,17,31H2,1-2H3,(H2,32,41)(H,36,42)(H2,33,35,44)/t20-,21+,22?,23-/m0/s1. The first-order valence-corrected chi connectivity index (χ1v) is 16.2. The number of nitrogens with zero attached hydrogens (tertiary/aromatic N) is 4. The molecule has 1 unspecified atom stereocenters. The van der Waals surface area contributed by atoms with E-state index in [4.69, 9.17) is 11.5 Å². The van der Waals surface area contributed by atoms with E-state index in [2.05, 4.69) is 26.3 Å². The third kappa shape index (κ3) is 9.45. The van der Waals surface area contributed by atoms with Crippen molar-refractivity contribution in [2.75, 3.05) is 13.1 Å². The van der Waals surface area contributed by atoms with E-state index in [9.17, 15) is 29.1 Å². The predicted octanol–water partition coefficient (Wildman–Crippen LogP) is 0.116. The second-order valence-corrected chi connectivity index (χ2v) is 13.3. The predicted molar refractivity (Wildman–Crippen MR) is 163 cm³/mol. The molecule has 1 saturated heterocycles. The number of carbonyl (C=O) groups is 5. The number of hydrogen-bond donors (Lipinski definition) is 6. The number of aliphatic hydroxyl groups is 1. The van der Waals surface area contributed by atoms with Crippen molar-refractivity contribution < 1.29 is 29.1 Å². The molecule has 1 aromatic rings. The molecule has 15 heteroatoms. The monoisotopic (exact) mass is 631 g/mol. The normalized spacial score (nSPS) is 22.0. The highest BCUT2D eigenvalue weighted by Crippen LogP contribution is 2.33. The lowest BCUT2D eigenvalue weighted by atomic mass is 9.84. The van der Waals surface area contributed by atoms with E-state index in [1.54, 1.807) is 13.8 Å². The summed E-state index contributed by atoms with van der Waals surface area (Å²) in [6, 6.07) is -3.52. The molecular formula is C30H49N9O6. The van der Waals surface area contributed by atoms with Crippen LogP contribution in [0.1, 0.15) is 103 Å². The molecular weight excluding hydrogens is 582 g/mol. The molecule has 1 aliphatic heterocycles. The molecule has 0 radical (unpaired) electrons. The molecule has 0 spiro atoms. The first-order valence-electron chi connectivity index (χ1n) is 16.2. The van der Waals surface area contributed by atoms with Gasteiger partial charge in [0.15, 0.2) is 0 Å². The van der Waals surface area contributed by atoms with Gasteiger partial charge in [-0.1, -0.05) is 37.3 Å². The van der Waals surface area contributed by atoms with Crippen LogP contribution in [0.25, 0.3) is 0 Å². The Morgan fingerprint density at radius 3 is 2.44 bits per heavy atom. The summed E-state index contributed by atoms with van der Waals surface area (Å²) in [6.07, 6.45) is 10.5. The van der Waals surface area contributed by atoms with E-state index in [0.717, 1.165) is 38.5 Å². The number of hydrogen-bond acceptors (Lipinski definition) is 9. The van der Waals surface area contributed by atoms with Crippen LogP contribution >= 0.6 is 0 Å². The minimum atomic E-state index is -1.28. The summed E-state index contributed by atoms with van der Waals surface area (Å²) in [7, 11) is 0. The number of primary amides is 1. The number of amides is 5. The Hall–Kier alpha value is -3.59. The van der Waals surface area contributed by atoms with E-state index < -0.39 is 47.4 Å². The summed E-state index contributed by atoms with van der Waals surface area (Å²) in [5.74, 6) is -2.76. The second kappa shape index (κ2) is 15.1. The lowest BCUT2D eigenvalue weighted by Gasteiger charge is -2.30. The van der Waals surface area contributed by atoms with Crippen molar-refractivity contribution >= 4 is 29.5 Å². The van der Waals surface area contributed by atoms with Crippen molar-refractivity contribution in [3.8, 4) is 0 Å². The molecule has 3 aliphatic rings. The van der Waals surface area contributed by atoms with Gasteiger partial charge in [-0.15, -0.1) is 5.10 Å². The van der Waals surface area contributed by atoms with Gasteiger partial charge in [0.1, 0.15) is 11.6 Å². The number of carbonyl (C=O) groups excluding carboxylic acids is 5. The minimum absolute atomic E-state index is 0.102. The summed E-state index contributed by atoms with van der Waals surface area (Å²) in [5, 5.41) is 27.0. The average Bonchev–Trinajstić information content (AvgIpc) is 3.46. The minimum Gasteiger partial charge on any atom is -0.384 e. The zero-order valence-corrected chi connectivity index (χ0v) is 26.4. The van der Waals surface area contributed by atoms with Crippen LogP contribution in [-0.4, -0.2) is 91.8 Å². The maximum absolute atomic E-state index is 13.8. The van der Waals surface area contributed by atoms with E-state index in [-0.39, 0.29) is 37.4 Å². The molecule has 3 fully saturated rings. The first kappa shape index (κ1) is 34.3. The van der Waals surface area contributed by atoms with Crippen molar-refractivity contribution in [3.05, 3.63) is 11.9 Å². The van der Waals surface area contributed by atoms with Gasteiger partial charge >= 0.3 is 6.03 Å². The Balaban J connectivity index is 1.45. The second-order valence-electron chi connectivity index (χ2n) is 13.3. The van der Waals surface area contributed by atoms with Crippen molar-refractivity contribution in [1.29, 1.82) is 0 Å². The van der Waals surface area contributed by atoms with Gasteiger partial charge in [0.05, 0.1) is 30.0 Å². The maximum atomic E-state index is 13.8. The molecule has 1 aromatic heterocycles. The molecule has 15 nitrogen and oxygen atoms in total. The summed E-state index contributed by atoms with van der Waals surface area (Å²) < 4.78 is 1.53. The zero-order valence-electron chi connectivity index (χ0n) is 26.4. The Bertz CT molecular complexity index is 1220. The Labute approximate surface area is 263 Å². The molecule has 45 heavy (non-hydrogen) atoms. The first-order chi connectivity index (χ1) is 21.3. The van der Waals surface area contributed by atoms with Gasteiger partial charge in [0.25, 0.3) is 5.91 Å². The molecule has 5 amide bonds. The molecule has 0 bridgehead atoms. The molecule has 4 rings (SSSR count). The van der Waals surface area contributed by atoms with Crippen LogP contribution in [0.5, 0.6) is 0 Å². The van der Waals surface area contributed by atoms with Crippen LogP contribution in [0.4, 0.5) is 4.79 Å². The van der Waals surface area contributed by atoms with Crippen LogP contribution in [0.15, 0.2) is 6.20 Å². The average molecular weight is 632 g/mol. The summed E-state index contributed by atoms with van der Waals surface area (Å²) in [5.41, 5.74) is 10.9. The van der Waals surface area contributed by atoms with Crippen molar-refractivity contribution in [2.24, 2.45) is 17.4 Å². The zero-order chi connectivity index (χ0) is 32.7. The van der Waals surface area contributed by atoms with Crippen LogP contribution < -0.4 is 27.4 Å². The van der Waals surface area contributed by atoms with E-state index in [0.29, 0.717) is 37.4 Å². The smallest absolute Gasteiger partial charge is 0.315 e. The molecule has 2 aliphatic carbocycles. The van der Waals surface area contributed by atoms with Gasteiger partial charge in [-0.05, 0) is 58.3 Å². The largest absolute Gasteiger partial charge is 0.384 e. The molecule has 0 aromatic carbocycles. The molecule has 2 saturated carbocycles. The third-order valence-electron chi connectivity index (χ3n) is 9.04. The van der Waals surface area contributed by atoms with Crippen molar-refractivity contribution in [2.45, 2.75) is 127 Å². The van der Waals surface area contributed by atoms with Gasteiger partial charge < -0.3 is 37.4 Å². The SMILES string of the molecule is CC(C)(O)c1cnnn1[C@H]1C[C@@H](C(=O)NC(CCCCNC(=O)NC2CC2)C(=O)C(N)=O)N(C(=O)[C@H](N)CC2CCCCC2)C1. The fourth-order valence-electron chi connectivity index (χ4n) is 6.38. The quantitative estimate of drug-likeness (QED) is 0.114. The molecule has 250 valence electrons. The summed E-state index contributed by atoms with van der Waals surface area (Å²) >= 11 is 0. The third-order valence-corrected chi connectivity index (χ3v) is 9.04. The number of likely N-dealkylation sites (tertiary alicyclic amines) is 1. The van der Waals surface area contributed by atoms with Gasteiger partial charge in [0.2, 0.25) is 17.6 Å². The van der Waals surface area contributed by atoms with Gasteiger partial charge in [0, 0.05) is 25.6 Å². The number of aromatic nitrogens is 3. The van der Waals surface area contributed by atoms with Crippen LogP contribution in [0.3, 0.4) is 0 Å². The topological polar surface area (TPSA) is 228 Å². The Kier molecular flexibility index (Phi) is 11.5. The van der Waals surface area contributed by atoms with Crippen LogP contribution in [0, 0.1) is 5.92 Å². The van der Waals surface area contributed by atoms with Gasteiger partial charge in [-0.3, -0.25) is 19.2 Å². The summed E-state index contributed by atoms with van der Waals surface area (Å²) in [6.45, 7) is 3.65. The molecule has 4 atom stereocenters. The number of ketones is 1. The van der Waals surface area contributed by atoms with Gasteiger partial charge in [-0.25, -0.2) is 9.48 Å². The van der Waals surface area contributed by atoms with E-state index in [1.807, 2.05) is 0 Å². The van der Waals surface area contributed by atoms with E-state index >= 15 is 0 Å². The van der Waals surface area contributed by atoms with E-state index in [1.165, 1.54) is 22.2 Å². The number of rotatable bonds is 15. The van der Waals surface area contributed by atoms with Crippen LogP contribution in [0.2, 0.25) is 0 Å². The lowest BCUT2D eigenvalue weighted by molar-refractivity contribution is -0.142. The number of urea groups is 1. The highest BCUT2D eigenvalue weighted by Gasteiger charge is 2.44. The number of nitrogens with two attached hydrogens (primary N) is 2. The fraction of sp³-hybridized carbons (Fsp3) is 0.767. The number of Topliss-reactive ketones (excluding diaryl/α,β-unsaturated/α-hetero) is 1. The highest BCUT2D eigenvalue weighted by atomic mass is 16.3. The van der Waals surface area contributed by atoms with Crippen molar-refractivity contribution in [3.63, 3.8) is 0 Å². The van der Waals surface area contributed by atoms with Crippen molar-refractivity contribution in [1.82, 2.24) is 35.8 Å². The Morgan fingerprint density at radius 1 is 1.09 bits per heavy atom. The lowest BCUT2D eigenvalue weighted by Crippen LogP contribution is -2.55. The summed E-state index contributed by atoms with van der Waals surface area (Å²) in [4.78, 5) is 65.4. The number of unbranched alkanes of at least 4 members (excludes halogenated alkanes) is 1. The highest BCUT2D eigenvalue weighted by molar-refractivity contribution is 6.37. The fourth-order valence-corrected chi connectivity index (χ4v) is 6.38. The molecule has 8 N–H and O–H groups in total. The number of nitrogens with one attached hydrogen (secondary N) is 3. The Morgan fingerprint density at radius 2 is 1.80 bits per heavy atom. The van der Waals surface area contributed by atoms with Crippen LogP contribution in [-0.2, 0) is 24.8 Å². The molecule has 2 heterocycles. The maximum Gasteiger partial charge on any atom is 0.315 e. The van der Waals surface area contributed by atoms with Gasteiger partial charge in [-0.2, -0.15) is 0 Å².